The van der Waals surface area contributed by atoms with Crippen LogP contribution in [0.1, 0.15) is 18.7 Å². The maximum absolute atomic E-state index is 5.95. The maximum Gasteiger partial charge on any atom is 0.183 e. The number of hydrogen-bond donors (Lipinski definition) is 3. The lowest BCUT2D eigenvalue weighted by Crippen LogP contribution is -2.41. The molecular weight excluding hydrogens is 232 g/mol. The monoisotopic (exact) mass is 248 g/mol. The molecule has 0 radical (unpaired) electrons. The number of ether oxygens (including phenoxy) is 1. The fourth-order valence-corrected chi connectivity index (χ4v) is 2.40. The topological polar surface area (TPSA) is 116 Å². The van der Waals surface area contributed by atoms with Gasteiger partial charge in [0.25, 0.3) is 0 Å². The molecule has 0 atom stereocenters. The van der Waals surface area contributed by atoms with Crippen LogP contribution < -0.4 is 11.5 Å². The summed E-state index contributed by atoms with van der Waals surface area (Å²) in [5.74, 6) is 1.26. The van der Waals surface area contributed by atoms with Crippen molar-refractivity contribution in [1.82, 2.24) is 19.9 Å². The second-order valence-corrected chi connectivity index (χ2v) is 4.64. The molecule has 0 saturated carbocycles. The summed E-state index contributed by atoms with van der Waals surface area (Å²) in [6, 6.07) is 0. The number of aromatic amines is 1. The molecule has 18 heavy (non-hydrogen) atoms. The molecule has 7 heteroatoms. The number of fused-ring (bicyclic) bond motifs is 1. The number of rotatable bonds is 2. The first kappa shape index (κ1) is 11.4. The van der Waals surface area contributed by atoms with Gasteiger partial charge in [0.2, 0.25) is 0 Å². The first-order valence-electron chi connectivity index (χ1n) is 6.00. The zero-order valence-electron chi connectivity index (χ0n) is 10.0. The molecule has 1 aliphatic heterocycles. The number of H-pyrrole nitrogens is 1. The average molecular weight is 248 g/mol. The van der Waals surface area contributed by atoms with Crippen molar-refractivity contribution in [1.29, 1.82) is 0 Å². The van der Waals surface area contributed by atoms with E-state index in [2.05, 4.69) is 19.9 Å². The van der Waals surface area contributed by atoms with E-state index in [1.54, 1.807) is 0 Å². The Balaban J connectivity index is 2.09. The fraction of sp³-hybridized carbons (Fsp3) is 0.545. The summed E-state index contributed by atoms with van der Waals surface area (Å²) in [5, 5.41) is 0. The Bertz CT molecular complexity index is 560. The van der Waals surface area contributed by atoms with Crippen molar-refractivity contribution >= 4 is 17.0 Å². The molecule has 7 nitrogen and oxygen atoms in total. The number of nitrogen functional groups attached to an aromatic ring is 1. The van der Waals surface area contributed by atoms with E-state index in [1.807, 2.05) is 0 Å². The van der Waals surface area contributed by atoms with Crippen molar-refractivity contribution in [3.8, 4) is 0 Å². The van der Waals surface area contributed by atoms with Crippen molar-refractivity contribution in [2.24, 2.45) is 5.73 Å². The minimum atomic E-state index is -0.161. The van der Waals surface area contributed by atoms with Gasteiger partial charge in [0.05, 0.1) is 0 Å². The van der Waals surface area contributed by atoms with Gasteiger partial charge in [-0.15, -0.1) is 0 Å². The van der Waals surface area contributed by atoms with Crippen LogP contribution in [0.4, 0.5) is 5.82 Å². The molecule has 0 bridgehead atoms. The van der Waals surface area contributed by atoms with Crippen LogP contribution in [0.2, 0.25) is 0 Å². The van der Waals surface area contributed by atoms with Crippen molar-refractivity contribution < 1.29 is 4.74 Å². The van der Waals surface area contributed by atoms with Crippen molar-refractivity contribution in [2.45, 2.75) is 18.3 Å². The highest BCUT2D eigenvalue weighted by atomic mass is 16.5. The Hall–Kier alpha value is -1.73. The molecule has 2 aromatic heterocycles. The summed E-state index contributed by atoms with van der Waals surface area (Å²) in [4.78, 5) is 15.8. The maximum atomic E-state index is 5.95. The van der Waals surface area contributed by atoms with E-state index in [9.17, 15) is 0 Å². The molecule has 3 rings (SSSR count). The first-order chi connectivity index (χ1) is 8.75. The molecule has 1 aliphatic rings. The lowest BCUT2D eigenvalue weighted by atomic mass is 9.79. The van der Waals surface area contributed by atoms with Gasteiger partial charge in [-0.2, -0.15) is 0 Å². The zero-order chi connectivity index (χ0) is 12.6. The van der Waals surface area contributed by atoms with Gasteiger partial charge in [0.15, 0.2) is 11.5 Å². The van der Waals surface area contributed by atoms with Crippen LogP contribution in [0.15, 0.2) is 6.33 Å². The van der Waals surface area contributed by atoms with Crippen LogP contribution in [0.25, 0.3) is 11.2 Å². The quantitative estimate of drug-likeness (QED) is 0.685. The molecule has 0 spiro atoms. The van der Waals surface area contributed by atoms with E-state index in [0.717, 1.165) is 18.7 Å². The van der Waals surface area contributed by atoms with Gasteiger partial charge in [-0.05, 0) is 12.8 Å². The van der Waals surface area contributed by atoms with Crippen LogP contribution in [-0.4, -0.2) is 39.7 Å². The highest BCUT2D eigenvalue weighted by molar-refractivity contribution is 5.81. The predicted octanol–water partition coefficient (Wildman–Crippen LogP) is -0.0580. The van der Waals surface area contributed by atoms with E-state index in [4.69, 9.17) is 16.2 Å². The summed E-state index contributed by atoms with van der Waals surface area (Å²) in [6.45, 7) is 1.94. The second kappa shape index (κ2) is 4.18. The highest BCUT2D eigenvalue weighted by Gasteiger charge is 2.36. The van der Waals surface area contributed by atoms with Crippen LogP contribution in [0.3, 0.4) is 0 Å². The van der Waals surface area contributed by atoms with Crippen molar-refractivity contribution in [3.63, 3.8) is 0 Å². The standard InChI is InChI=1S/C11H16N6O/c12-5-11(1-3-18-4-2-11)10-16-7-8(13)14-6-15-9(7)17-10/h6H,1-5,12H2,(H3,13,14,15,16,17). The summed E-state index contributed by atoms with van der Waals surface area (Å²) in [6.07, 6.45) is 3.13. The third-order valence-corrected chi connectivity index (χ3v) is 3.66. The lowest BCUT2D eigenvalue weighted by molar-refractivity contribution is 0.0503. The Morgan fingerprint density at radius 3 is 2.78 bits per heavy atom. The van der Waals surface area contributed by atoms with Gasteiger partial charge in [-0.3, -0.25) is 0 Å². The molecule has 1 fully saturated rings. The lowest BCUT2D eigenvalue weighted by Gasteiger charge is -2.34. The van der Waals surface area contributed by atoms with Crippen LogP contribution in [0, 0.1) is 0 Å². The minimum Gasteiger partial charge on any atom is -0.382 e. The summed E-state index contributed by atoms with van der Waals surface area (Å²) < 4.78 is 5.40. The number of aromatic nitrogens is 4. The normalized spacial score (nSPS) is 19.2. The van der Waals surface area contributed by atoms with Gasteiger partial charge < -0.3 is 21.2 Å². The van der Waals surface area contributed by atoms with Crippen LogP contribution in [-0.2, 0) is 10.2 Å². The Labute approximate surface area is 104 Å². The Kier molecular flexibility index (Phi) is 2.64. The largest absolute Gasteiger partial charge is 0.382 e. The first-order valence-corrected chi connectivity index (χ1v) is 6.00. The number of hydrogen-bond acceptors (Lipinski definition) is 6. The highest BCUT2D eigenvalue weighted by Crippen LogP contribution is 2.33. The molecule has 1 saturated heterocycles. The molecule has 96 valence electrons. The van der Waals surface area contributed by atoms with E-state index in [1.165, 1.54) is 6.33 Å². The average Bonchev–Trinajstić information content (AvgIpc) is 2.85. The number of imidazole rings is 1. The van der Waals surface area contributed by atoms with Crippen LogP contribution >= 0.6 is 0 Å². The minimum absolute atomic E-state index is 0.161. The van der Waals surface area contributed by atoms with Crippen molar-refractivity contribution in [3.05, 3.63) is 12.2 Å². The molecule has 0 aromatic carbocycles. The smallest absolute Gasteiger partial charge is 0.183 e. The van der Waals surface area contributed by atoms with Gasteiger partial charge >= 0.3 is 0 Å². The van der Waals surface area contributed by atoms with E-state index < -0.39 is 0 Å². The van der Waals surface area contributed by atoms with Crippen LogP contribution in [0.5, 0.6) is 0 Å². The van der Waals surface area contributed by atoms with E-state index >= 15 is 0 Å². The summed E-state index contributed by atoms with van der Waals surface area (Å²) in [7, 11) is 0. The summed E-state index contributed by atoms with van der Waals surface area (Å²) in [5.41, 5.74) is 12.9. The molecule has 3 heterocycles. The predicted molar refractivity (Wildman–Crippen MR) is 66.9 cm³/mol. The fourth-order valence-electron chi connectivity index (χ4n) is 2.40. The van der Waals surface area contributed by atoms with Gasteiger partial charge in [0, 0.05) is 25.2 Å². The van der Waals surface area contributed by atoms with Gasteiger partial charge in [0.1, 0.15) is 17.7 Å². The molecule has 5 N–H and O–H groups in total. The molecule has 0 amide bonds. The SMILES string of the molecule is NCC1(c2nc3ncnc(N)c3[nH]2)CCOCC1. The summed E-state index contributed by atoms with van der Waals surface area (Å²) >= 11 is 0. The van der Waals surface area contributed by atoms with Crippen molar-refractivity contribution in [2.75, 3.05) is 25.5 Å². The molecular formula is C11H16N6O. The number of nitrogens with two attached hydrogens (primary N) is 2. The van der Waals surface area contributed by atoms with E-state index in [0.29, 0.717) is 36.7 Å². The van der Waals surface area contributed by atoms with Gasteiger partial charge in [-0.1, -0.05) is 0 Å². The number of nitrogens with zero attached hydrogens (tertiary/aromatic N) is 3. The molecule has 0 unspecified atom stereocenters. The Morgan fingerprint density at radius 2 is 2.11 bits per heavy atom. The number of anilines is 1. The Morgan fingerprint density at radius 1 is 1.33 bits per heavy atom. The second-order valence-electron chi connectivity index (χ2n) is 4.64. The molecule has 2 aromatic rings. The molecule has 0 aliphatic carbocycles. The van der Waals surface area contributed by atoms with E-state index in [-0.39, 0.29) is 5.41 Å². The number of nitrogens with one attached hydrogen (secondary N) is 1. The third-order valence-electron chi connectivity index (χ3n) is 3.66. The third kappa shape index (κ3) is 1.63. The zero-order valence-corrected chi connectivity index (χ0v) is 10.0. The van der Waals surface area contributed by atoms with Gasteiger partial charge in [-0.25, -0.2) is 15.0 Å².